The normalized spacial score (nSPS) is 10.9. The Hall–Kier alpha value is -1.52. The topological polar surface area (TPSA) is 113 Å². The molecule has 0 heterocycles. The van der Waals surface area contributed by atoms with Crippen molar-refractivity contribution in [1.82, 2.24) is 0 Å². The summed E-state index contributed by atoms with van der Waals surface area (Å²) in [6, 6.07) is 0. The van der Waals surface area contributed by atoms with Gasteiger partial charge < -0.3 is 16.6 Å². The van der Waals surface area contributed by atoms with Gasteiger partial charge in [-0.3, -0.25) is 5.41 Å². The van der Waals surface area contributed by atoms with Crippen LogP contribution in [0.25, 0.3) is 0 Å². The minimum atomic E-state index is -1.29. The van der Waals surface area contributed by atoms with Crippen LogP contribution < -0.4 is 11.5 Å². The maximum atomic E-state index is 10.0. The number of carboxylic acids is 1. The lowest BCUT2D eigenvalue weighted by Gasteiger charge is -1.93. The molecule has 0 aromatic heterocycles. The van der Waals surface area contributed by atoms with Crippen LogP contribution in [0.2, 0.25) is 0 Å². The van der Waals surface area contributed by atoms with Gasteiger partial charge in [0, 0.05) is 6.20 Å². The van der Waals surface area contributed by atoms with Crippen molar-refractivity contribution < 1.29 is 9.90 Å². The van der Waals surface area contributed by atoms with Crippen LogP contribution in [0.15, 0.2) is 11.8 Å². The third kappa shape index (κ3) is 1.81. The van der Waals surface area contributed by atoms with Gasteiger partial charge in [0.15, 0.2) is 0 Å². The average molecular weight is 129 g/mol. The first kappa shape index (κ1) is 7.48. The van der Waals surface area contributed by atoms with Gasteiger partial charge in [0.1, 0.15) is 11.4 Å². The quantitative estimate of drug-likeness (QED) is 0.214. The fraction of sp³-hybridized carbons (Fsp3) is 0. The van der Waals surface area contributed by atoms with Crippen molar-refractivity contribution in [3.63, 3.8) is 0 Å². The molecule has 0 aromatic rings. The summed E-state index contributed by atoms with van der Waals surface area (Å²) in [4.78, 5) is 10.0. The minimum absolute atomic E-state index is 0.380. The van der Waals surface area contributed by atoms with Crippen molar-refractivity contribution in [3.05, 3.63) is 11.8 Å². The van der Waals surface area contributed by atoms with Crippen molar-refractivity contribution in [2.75, 3.05) is 0 Å². The van der Waals surface area contributed by atoms with Crippen LogP contribution in [0.4, 0.5) is 0 Å². The minimum Gasteiger partial charge on any atom is -0.478 e. The summed E-state index contributed by atoms with van der Waals surface area (Å²) in [6.45, 7) is 0. The van der Waals surface area contributed by atoms with Gasteiger partial charge in [-0.05, 0) is 0 Å². The molecule has 0 radical (unpaired) electrons. The largest absolute Gasteiger partial charge is 0.478 e. The lowest BCUT2D eigenvalue weighted by molar-refractivity contribution is -0.132. The van der Waals surface area contributed by atoms with E-state index >= 15 is 0 Å². The molecule has 0 bridgehead atoms. The number of carbonyl (C=O) groups is 1. The average Bonchev–Trinajstić information content (AvgIpc) is 1.64. The lowest BCUT2D eigenvalue weighted by atomic mass is 10.3. The van der Waals surface area contributed by atoms with Gasteiger partial charge >= 0.3 is 5.97 Å². The van der Waals surface area contributed by atoms with E-state index in [2.05, 4.69) is 0 Å². The first-order valence-electron chi connectivity index (χ1n) is 2.09. The van der Waals surface area contributed by atoms with E-state index in [4.69, 9.17) is 22.0 Å². The van der Waals surface area contributed by atoms with Gasteiger partial charge in [0.2, 0.25) is 0 Å². The van der Waals surface area contributed by atoms with Crippen molar-refractivity contribution in [3.8, 4) is 0 Å². The van der Waals surface area contributed by atoms with E-state index in [1.54, 1.807) is 0 Å². The fourth-order valence-electron chi connectivity index (χ4n) is 0.276. The van der Waals surface area contributed by atoms with Gasteiger partial charge in [0.05, 0.1) is 0 Å². The highest BCUT2D eigenvalue weighted by molar-refractivity contribution is 6.16. The standard InChI is InChI=1S/C4H7N3O2/c5-1-2(3(6)7)4(8)9/h1H,5H2,(H3,6,7)(H,8,9)/b2-1+. The van der Waals surface area contributed by atoms with Crippen LogP contribution in [-0.2, 0) is 4.79 Å². The number of rotatable bonds is 2. The Morgan fingerprint density at radius 2 is 2.11 bits per heavy atom. The number of nitrogens with one attached hydrogen (secondary N) is 1. The second-order valence-corrected chi connectivity index (χ2v) is 1.30. The molecule has 0 aromatic carbocycles. The van der Waals surface area contributed by atoms with Crippen molar-refractivity contribution in [2.24, 2.45) is 11.5 Å². The molecular weight excluding hydrogens is 122 g/mol. The van der Waals surface area contributed by atoms with Gasteiger partial charge in [0.25, 0.3) is 0 Å². The predicted octanol–water partition coefficient (Wildman–Crippen LogP) is -1.15. The zero-order valence-electron chi connectivity index (χ0n) is 4.59. The number of hydrogen-bond acceptors (Lipinski definition) is 3. The van der Waals surface area contributed by atoms with E-state index in [0.29, 0.717) is 0 Å². The molecule has 0 spiro atoms. The second-order valence-electron chi connectivity index (χ2n) is 1.30. The van der Waals surface area contributed by atoms with E-state index in [-0.39, 0.29) is 5.57 Å². The first-order chi connectivity index (χ1) is 4.09. The summed E-state index contributed by atoms with van der Waals surface area (Å²) in [5.41, 5.74) is 9.23. The number of hydrogen-bond donors (Lipinski definition) is 4. The molecule has 0 aliphatic carbocycles. The highest BCUT2D eigenvalue weighted by Crippen LogP contribution is 1.87. The molecule has 6 N–H and O–H groups in total. The van der Waals surface area contributed by atoms with Gasteiger partial charge in [-0.1, -0.05) is 0 Å². The molecule has 0 saturated carbocycles. The van der Waals surface area contributed by atoms with Gasteiger partial charge in [-0.2, -0.15) is 0 Å². The summed E-state index contributed by atoms with van der Waals surface area (Å²) in [6.07, 6.45) is 0.782. The number of carboxylic acid groups (broad SMARTS) is 1. The zero-order valence-corrected chi connectivity index (χ0v) is 4.59. The van der Waals surface area contributed by atoms with E-state index in [9.17, 15) is 4.79 Å². The van der Waals surface area contributed by atoms with Crippen molar-refractivity contribution in [2.45, 2.75) is 0 Å². The van der Waals surface area contributed by atoms with Gasteiger partial charge in [-0.15, -0.1) is 0 Å². The van der Waals surface area contributed by atoms with Crippen molar-refractivity contribution >= 4 is 11.8 Å². The molecule has 0 atom stereocenters. The van der Waals surface area contributed by atoms with Gasteiger partial charge in [-0.25, -0.2) is 4.79 Å². The van der Waals surface area contributed by atoms with E-state index in [1.165, 1.54) is 0 Å². The highest BCUT2D eigenvalue weighted by atomic mass is 16.4. The van der Waals surface area contributed by atoms with Crippen LogP contribution in [0.1, 0.15) is 0 Å². The molecule has 0 aliphatic heterocycles. The Morgan fingerprint density at radius 1 is 1.67 bits per heavy atom. The Balaban J connectivity index is 4.38. The molecule has 0 fully saturated rings. The maximum Gasteiger partial charge on any atom is 0.340 e. The van der Waals surface area contributed by atoms with Crippen molar-refractivity contribution in [1.29, 1.82) is 5.41 Å². The second kappa shape index (κ2) is 2.71. The first-order valence-corrected chi connectivity index (χ1v) is 2.09. The Morgan fingerprint density at radius 3 is 2.11 bits per heavy atom. The number of amidine groups is 1. The summed E-state index contributed by atoms with van der Waals surface area (Å²) in [5.74, 6) is -1.82. The Labute approximate surface area is 51.5 Å². The number of nitrogens with two attached hydrogens (primary N) is 2. The highest BCUT2D eigenvalue weighted by Gasteiger charge is 2.07. The Kier molecular flexibility index (Phi) is 2.25. The maximum absolute atomic E-state index is 10.0. The molecule has 0 rings (SSSR count). The smallest absolute Gasteiger partial charge is 0.340 e. The summed E-state index contributed by atoms with van der Waals surface area (Å²) in [5, 5.41) is 14.8. The fourth-order valence-corrected chi connectivity index (χ4v) is 0.276. The molecule has 0 saturated heterocycles. The summed E-state index contributed by atoms with van der Waals surface area (Å²) < 4.78 is 0. The third-order valence-electron chi connectivity index (χ3n) is 0.687. The molecule has 50 valence electrons. The lowest BCUT2D eigenvalue weighted by Crippen LogP contribution is -2.20. The van der Waals surface area contributed by atoms with E-state index < -0.39 is 11.8 Å². The van der Waals surface area contributed by atoms with E-state index in [1.807, 2.05) is 0 Å². The molecule has 0 aliphatic rings. The van der Waals surface area contributed by atoms with E-state index in [0.717, 1.165) is 6.20 Å². The van der Waals surface area contributed by atoms with Crippen LogP contribution in [-0.4, -0.2) is 16.9 Å². The van der Waals surface area contributed by atoms with Crippen LogP contribution >= 0.6 is 0 Å². The van der Waals surface area contributed by atoms with Crippen LogP contribution in [0.5, 0.6) is 0 Å². The Bertz CT molecular complexity index is 157. The zero-order chi connectivity index (χ0) is 7.44. The predicted molar refractivity (Wildman–Crippen MR) is 31.8 cm³/mol. The molecule has 5 heteroatoms. The SMILES string of the molecule is N=C(N)/C(=C\N)C(=O)O. The molecule has 0 unspecified atom stereocenters. The molecular formula is C4H7N3O2. The summed E-state index contributed by atoms with van der Waals surface area (Å²) in [7, 11) is 0. The van der Waals surface area contributed by atoms with Crippen LogP contribution in [0, 0.1) is 5.41 Å². The molecule has 5 nitrogen and oxygen atoms in total. The third-order valence-corrected chi connectivity index (χ3v) is 0.687. The number of aliphatic carboxylic acids is 1. The monoisotopic (exact) mass is 129 g/mol. The van der Waals surface area contributed by atoms with Crippen LogP contribution in [0.3, 0.4) is 0 Å². The molecule has 9 heavy (non-hydrogen) atoms. The summed E-state index contributed by atoms with van der Waals surface area (Å²) >= 11 is 0. The molecule has 0 amide bonds.